The van der Waals surface area contributed by atoms with Crippen LogP contribution < -0.4 is 15.1 Å². The summed E-state index contributed by atoms with van der Waals surface area (Å²) in [5.74, 6) is -1.23. The van der Waals surface area contributed by atoms with E-state index in [0.717, 1.165) is 6.07 Å². The van der Waals surface area contributed by atoms with Crippen LogP contribution in [0.1, 0.15) is 55.2 Å². The number of carbonyl (C=O) groups is 3. The van der Waals surface area contributed by atoms with E-state index in [2.05, 4.69) is 10.3 Å². The highest BCUT2D eigenvalue weighted by atomic mass is 19.4. The Balaban J connectivity index is 1.25. The molecule has 0 unspecified atom stereocenters. The maximum atomic E-state index is 13.9. The second-order valence-corrected chi connectivity index (χ2v) is 10.3. The fraction of sp³-hybridized carbons (Fsp3) is 0.219. The number of amides is 2. The molecule has 4 aromatic rings. The smallest absolute Gasteiger partial charge is 0.393 e. The van der Waals surface area contributed by atoms with Crippen molar-refractivity contribution in [3.05, 3.63) is 113 Å². The molecule has 2 heterocycles. The molecule has 5 rings (SSSR count). The first-order valence-electron chi connectivity index (χ1n) is 13.6. The van der Waals surface area contributed by atoms with Crippen LogP contribution in [0.2, 0.25) is 0 Å². The van der Waals surface area contributed by atoms with Crippen molar-refractivity contribution in [3.8, 4) is 0 Å². The van der Waals surface area contributed by atoms with Gasteiger partial charge < -0.3 is 25.2 Å². The number of rotatable bonds is 7. The van der Waals surface area contributed by atoms with Gasteiger partial charge in [-0.2, -0.15) is 13.2 Å². The highest BCUT2D eigenvalue weighted by molar-refractivity contribution is 6.10. The minimum atomic E-state index is -4.67. The highest BCUT2D eigenvalue weighted by Crippen LogP contribution is 2.38. The predicted octanol–water partition coefficient (Wildman–Crippen LogP) is 5.75. The van der Waals surface area contributed by atoms with Gasteiger partial charge >= 0.3 is 6.18 Å². The number of aromatic amines is 1. The Morgan fingerprint density at radius 1 is 0.907 bits per heavy atom. The lowest BCUT2D eigenvalue weighted by Gasteiger charge is -2.33. The molecule has 3 N–H and O–H groups in total. The topological polar surface area (TPSA) is 106 Å². The van der Waals surface area contributed by atoms with E-state index in [1.54, 1.807) is 54.5 Å². The van der Waals surface area contributed by atoms with Gasteiger partial charge in [-0.15, -0.1) is 0 Å². The van der Waals surface area contributed by atoms with Gasteiger partial charge in [0.25, 0.3) is 11.8 Å². The van der Waals surface area contributed by atoms with Crippen LogP contribution in [0, 0.1) is 0 Å². The number of hydrogen-bond acceptors (Lipinski definition) is 5. The number of nitrogens with one attached hydrogen (secondary N) is 2. The maximum Gasteiger partial charge on any atom is 0.418 e. The first-order valence-corrected chi connectivity index (χ1v) is 13.6. The van der Waals surface area contributed by atoms with E-state index >= 15 is 0 Å². The van der Waals surface area contributed by atoms with Crippen LogP contribution in [-0.4, -0.2) is 53.9 Å². The summed E-state index contributed by atoms with van der Waals surface area (Å²) in [6, 6.07) is 19.4. The molecule has 8 nitrogen and oxygen atoms in total. The van der Waals surface area contributed by atoms with E-state index < -0.39 is 23.8 Å². The predicted molar refractivity (Wildman–Crippen MR) is 157 cm³/mol. The zero-order chi connectivity index (χ0) is 30.7. The monoisotopic (exact) mass is 590 g/mol. The second kappa shape index (κ2) is 12.1. The summed E-state index contributed by atoms with van der Waals surface area (Å²) in [5, 5.41) is 12.3. The van der Waals surface area contributed by atoms with Gasteiger partial charge in [-0.3, -0.25) is 14.4 Å². The molecule has 3 aromatic carbocycles. The molecule has 1 aliphatic rings. The van der Waals surface area contributed by atoms with Crippen LogP contribution in [-0.2, 0) is 6.18 Å². The summed E-state index contributed by atoms with van der Waals surface area (Å²) >= 11 is 0. The molecule has 11 heteroatoms. The molecule has 1 aliphatic heterocycles. The molecule has 2 amide bonds. The summed E-state index contributed by atoms with van der Waals surface area (Å²) in [4.78, 5) is 44.3. The van der Waals surface area contributed by atoms with Gasteiger partial charge in [-0.1, -0.05) is 0 Å². The SMILES string of the molecule is CN(C(=O)c1ccc[nH]1)c1ccc(C(=O)c2ccc(NC(=O)c3ccc(N4CCC(O)CC4)c(C(F)(F)F)c3)cc2)cc1. The van der Waals surface area contributed by atoms with Crippen LogP contribution in [0.4, 0.5) is 30.2 Å². The number of ketones is 1. The zero-order valence-electron chi connectivity index (χ0n) is 23.2. The third-order valence-electron chi connectivity index (χ3n) is 7.42. The van der Waals surface area contributed by atoms with Gasteiger partial charge in [0, 0.05) is 60.1 Å². The Morgan fingerprint density at radius 2 is 1.51 bits per heavy atom. The Labute approximate surface area is 245 Å². The van der Waals surface area contributed by atoms with Crippen LogP contribution in [0.25, 0.3) is 0 Å². The average Bonchev–Trinajstić information content (AvgIpc) is 3.55. The summed E-state index contributed by atoms with van der Waals surface area (Å²) < 4.78 is 41.7. The number of halogens is 3. The summed E-state index contributed by atoms with van der Waals surface area (Å²) in [6.45, 7) is 0.575. The number of aliphatic hydroxyl groups is 1. The average molecular weight is 591 g/mol. The molecular weight excluding hydrogens is 561 g/mol. The van der Waals surface area contributed by atoms with E-state index in [4.69, 9.17) is 0 Å². The first-order chi connectivity index (χ1) is 20.5. The van der Waals surface area contributed by atoms with Crippen molar-refractivity contribution < 1.29 is 32.7 Å². The fourth-order valence-corrected chi connectivity index (χ4v) is 4.96. The summed E-state index contributed by atoms with van der Waals surface area (Å²) in [5.41, 5.74) is 0.990. The molecule has 0 atom stereocenters. The number of benzene rings is 3. The van der Waals surface area contributed by atoms with Crippen molar-refractivity contribution in [2.75, 3.05) is 35.3 Å². The van der Waals surface area contributed by atoms with Gasteiger partial charge in [0.1, 0.15) is 5.69 Å². The van der Waals surface area contributed by atoms with E-state index in [-0.39, 0.29) is 36.0 Å². The molecule has 0 spiro atoms. The Bertz CT molecular complexity index is 1610. The molecule has 43 heavy (non-hydrogen) atoms. The molecule has 0 bridgehead atoms. The molecule has 1 aromatic heterocycles. The third-order valence-corrected chi connectivity index (χ3v) is 7.42. The van der Waals surface area contributed by atoms with Crippen molar-refractivity contribution in [3.63, 3.8) is 0 Å². The molecule has 1 saturated heterocycles. The number of H-pyrrole nitrogens is 1. The van der Waals surface area contributed by atoms with Crippen molar-refractivity contribution in [1.29, 1.82) is 0 Å². The van der Waals surface area contributed by atoms with Crippen LogP contribution in [0.15, 0.2) is 85.1 Å². The summed E-state index contributed by atoms with van der Waals surface area (Å²) in [7, 11) is 1.63. The minimum absolute atomic E-state index is 0.0226. The molecule has 0 radical (unpaired) electrons. The summed E-state index contributed by atoms with van der Waals surface area (Å²) in [6.07, 6.45) is -2.80. The van der Waals surface area contributed by atoms with Crippen molar-refractivity contribution in [2.24, 2.45) is 0 Å². The number of nitrogens with zero attached hydrogens (tertiary/aromatic N) is 2. The van der Waals surface area contributed by atoms with Crippen molar-refractivity contribution >= 4 is 34.7 Å². The number of hydrogen-bond donors (Lipinski definition) is 3. The Morgan fingerprint density at radius 3 is 2.09 bits per heavy atom. The third kappa shape index (κ3) is 6.62. The first kappa shape index (κ1) is 29.6. The number of carbonyl (C=O) groups excluding carboxylic acids is 3. The number of anilines is 3. The number of aliphatic hydroxyl groups excluding tert-OH is 1. The molecule has 222 valence electrons. The number of piperidine rings is 1. The quantitative estimate of drug-likeness (QED) is 0.238. The van der Waals surface area contributed by atoms with Gasteiger partial charge in [0.05, 0.1) is 11.7 Å². The highest BCUT2D eigenvalue weighted by Gasteiger charge is 2.36. The van der Waals surface area contributed by atoms with E-state index in [0.29, 0.717) is 41.0 Å². The second-order valence-electron chi connectivity index (χ2n) is 10.3. The lowest BCUT2D eigenvalue weighted by Crippen LogP contribution is -2.37. The number of alkyl halides is 3. The largest absolute Gasteiger partial charge is 0.418 e. The Hall–Kier alpha value is -4.90. The molecule has 0 aliphatic carbocycles. The standard InChI is InChI=1S/C32H29F3N4O4/c1-38(31(43)27-3-2-16-36-27)24-11-6-21(7-12-24)29(41)20-4-9-23(10-5-20)37-30(42)22-8-13-28(26(19-22)32(33,34)35)39-17-14-25(40)15-18-39/h2-13,16,19,25,36,40H,14-15,17-18H2,1H3,(H,37,42). The lowest BCUT2D eigenvalue weighted by atomic mass is 10.0. The van der Waals surface area contributed by atoms with Crippen LogP contribution in [0.5, 0.6) is 0 Å². The van der Waals surface area contributed by atoms with E-state index in [1.165, 1.54) is 41.3 Å². The fourth-order valence-electron chi connectivity index (χ4n) is 4.96. The van der Waals surface area contributed by atoms with Crippen molar-refractivity contribution in [2.45, 2.75) is 25.1 Å². The van der Waals surface area contributed by atoms with E-state index in [9.17, 15) is 32.7 Å². The van der Waals surface area contributed by atoms with Crippen LogP contribution in [0.3, 0.4) is 0 Å². The van der Waals surface area contributed by atoms with E-state index in [1.807, 2.05) is 0 Å². The van der Waals surface area contributed by atoms with Gasteiger partial charge in [0.15, 0.2) is 5.78 Å². The zero-order valence-corrected chi connectivity index (χ0v) is 23.2. The molecule has 0 saturated carbocycles. The lowest BCUT2D eigenvalue weighted by molar-refractivity contribution is -0.137. The van der Waals surface area contributed by atoms with Gasteiger partial charge in [-0.25, -0.2) is 0 Å². The molecular formula is C32H29F3N4O4. The number of aromatic nitrogens is 1. The molecule has 1 fully saturated rings. The van der Waals surface area contributed by atoms with Crippen molar-refractivity contribution in [1.82, 2.24) is 4.98 Å². The minimum Gasteiger partial charge on any atom is -0.393 e. The van der Waals surface area contributed by atoms with Crippen LogP contribution >= 0.6 is 0 Å². The normalized spacial score (nSPS) is 13.9. The van der Waals surface area contributed by atoms with Gasteiger partial charge in [0.2, 0.25) is 0 Å². The Kier molecular flexibility index (Phi) is 8.36. The maximum absolute atomic E-state index is 13.9. The van der Waals surface area contributed by atoms with Gasteiger partial charge in [-0.05, 0) is 91.7 Å².